The Morgan fingerprint density at radius 2 is 2.12 bits per heavy atom. The van der Waals surface area contributed by atoms with Gasteiger partial charge in [-0.3, -0.25) is 0 Å². The van der Waals surface area contributed by atoms with Crippen LogP contribution in [0.15, 0.2) is 36.7 Å². The van der Waals surface area contributed by atoms with Crippen molar-refractivity contribution in [2.24, 2.45) is 0 Å². The van der Waals surface area contributed by atoms with Crippen molar-refractivity contribution < 1.29 is 4.74 Å². The molecule has 0 radical (unpaired) electrons. The molecule has 5 nitrogen and oxygen atoms in total. The lowest BCUT2D eigenvalue weighted by molar-refractivity contribution is 0.267. The molecule has 1 aromatic heterocycles. The molecule has 1 fully saturated rings. The van der Waals surface area contributed by atoms with Crippen LogP contribution in [-0.4, -0.2) is 27.9 Å². The third kappa shape index (κ3) is 2.14. The van der Waals surface area contributed by atoms with Gasteiger partial charge < -0.3 is 14.6 Å². The summed E-state index contributed by atoms with van der Waals surface area (Å²) in [6.45, 7) is 2.42. The number of para-hydroxylation sites is 1. The minimum absolute atomic E-state index is 0.459. The fourth-order valence-corrected chi connectivity index (χ4v) is 1.81. The van der Waals surface area contributed by atoms with E-state index in [1.165, 1.54) is 0 Å². The summed E-state index contributed by atoms with van der Waals surface area (Å²) in [5, 5.41) is 11.3. The predicted octanol–water partition coefficient (Wildman–Crippen LogP) is 1.00. The summed E-state index contributed by atoms with van der Waals surface area (Å²) in [5.41, 5.74) is 0. The standard InChI is InChI=1S/C12H14N4O/c1-2-4-11(5-3-1)17-8-12-15-14-9-16(12)10-6-13-7-10/h1-5,9-10,13H,6-8H2. The first kappa shape index (κ1) is 10.3. The van der Waals surface area contributed by atoms with E-state index >= 15 is 0 Å². The summed E-state index contributed by atoms with van der Waals surface area (Å²) in [6, 6.07) is 10.2. The highest BCUT2D eigenvalue weighted by Crippen LogP contribution is 2.15. The number of benzene rings is 1. The maximum atomic E-state index is 5.67. The van der Waals surface area contributed by atoms with Crippen molar-refractivity contribution in [3.05, 3.63) is 42.5 Å². The maximum Gasteiger partial charge on any atom is 0.171 e. The maximum absolute atomic E-state index is 5.67. The van der Waals surface area contributed by atoms with Crippen molar-refractivity contribution in [1.82, 2.24) is 20.1 Å². The van der Waals surface area contributed by atoms with Crippen molar-refractivity contribution >= 4 is 0 Å². The van der Waals surface area contributed by atoms with Crippen molar-refractivity contribution in [2.75, 3.05) is 13.1 Å². The Morgan fingerprint density at radius 1 is 1.29 bits per heavy atom. The number of aromatic nitrogens is 3. The highest BCUT2D eigenvalue weighted by atomic mass is 16.5. The van der Waals surface area contributed by atoms with Crippen LogP contribution in [0, 0.1) is 0 Å². The van der Waals surface area contributed by atoms with Gasteiger partial charge >= 0.3 is 0 Å². The van der Waals surface area contributed by atoms with E-state index in [0.717, 1.165) is 24.7 Å². The molecule has 0 atom stereocenters. The second-order valence-corrected chi connectivity index (χ2v) is 4.07. The lowest BCUT2D eigenvalue weighted by Gasteiger charge is -2.28. The Balaban J connectivity index is 1.67. The molecule has 0 amide bonds. The summed E-state index contributed by atoms with van der Waals surface area (Å²) in [5.74, 6) is 1.73. The molecule has 1 saturated heterocycles. The monoisotopic (exact) mass is 230 g/mol. The summed E-state index contributed by atoms with van der Waals surface area (Å²) in [4.78, 5) is 0. The first-order chi connectivity index (χ1) is 8.43. The minimum atomic E-state index is 0.459. The molecule has 1 aliphatic heterocycles. The molecule has 0 spiro atoms. The van der Waals surface area contributed by atoms with Gasteiger partial charge in [0.05, 0.1) is 6.04 Å². The Labute approximate surface area is 99.4 Å². The summed E-state index contributed by atoms with van der Waals surface area (Å²) < 4.78 is 7.75. The SMILES string of the molecule is c1ccc(OCc2nncn2C2CNC2)cc1. The summed E-state index contributed by atoms with van der Waals surface area (Å²) in [6.07, 6.45) is 1.77. The third-order valence-corrected chi connectivity index (χ3v) is 2.91. The topological polar surface area (TPSA) is 52.0 Å². The summed E-state index contributed by atoms with van der Waals surface area (Å²) in [7, 11) is 0. The first-order valence-electron chi connectivity index (χ1n) is 5.70. The summed E-state index contributed by atoms with van der Waals surface area (Å²) >= 11 is 0. The highest BCUT2D eigenvalue weighted by molar-refractivity contribution is 5.21. The molecule has 1 aromatic carbocycles. The largest absolute Gasteiger partial charge is 0.486 e. The fourth-order valence-electron chi connectivity index (χ4n) is 1.81. The van der Waals surface area contributed by atoms with Crippen LogP contribution in [0.2, 0.25) is 0 Å². The van der Waals surface area contributed by atoms with E-state index in [1.807, 2.05) is 30.3 Å². The van der Waals surface area contributed by atoms with Gasteiger partial charge in [0.2, 0.25) is 0 Å². The van der Waals surface area contributed by atoms with Crippen molar-refractivity contribution in [3.63, 3.8) is 0 Å². The second-order valence-electron chi connectivity index (χ2n) is 4.07. The van der Waals surface area contributed by atoms with Crippen molar-refractivity contribution in [1.29, 1.82) is 0 Å². The van der Waals surface area contributed by atoms with Gasteiger partial charge in [-0.05, 0) is 12.1 Å². The van der Waals surface area contributed by atoms with E-state index in [4.69, 9.17) is 4.74 Å². The van der Waals surface area contributed by atoms with Gasteiger partial charge in [-0.1, -0.05) is 18.2 Å². The van der Waals surface area contributed by atoms with Gasteiger partial charge in [-0.15, -0.1) is 10.2 Å². The van der Waals surface area contributed by atoms with Gasteiger partial charge in [-0.2, -0.15) is 0 Å². The molecule has 0 bridgehead atoms. The Bertz CT molecular complexity index is 478. The lowest BCUT2D eigenvalue weighted by Crippen LogP contribution is -2.43. The van der Waals surface area contributed by atoms with Gasteiger partial charge in [0.25, 0.3) is 0 Å². The fraction of sp³-hybridized carbons (Fsp3) is 0.333. The number of hydrogen-bond acceptors (Lipinski definition) is 4. The molecule has 88 valence electrons. The number of nitrogens with zero attached hydrogens (tertiary/aromatic N) is 3. The van der Waals surface area contributed by atoms with E-state index in [0.29, 0.717) is 12.6 Å². The van der Waals surface area contributed by atoms with Crippen LogP contribution in [0.25, 0.3) is 0 Å². The minimum Gasteiger partial charge on any atom is -0.486 e. The zero-order chi connectivity index (χ0) is 11.5. The molecule has 1 N–H and O–H groups in total. The second kappa shape index (κ2) is 4.55. The van der Waals surface area contributed by atoms with E-state index < -0.39 is 0 Å². The van der Waals surface area contributed by atoms with Crippen LogP contribution in [0.1, 0.15) is 11.9 Å². The molecule has 1 aliphatic rings. The normalized spacial score (nSPS) is 15.5. The Morgan fingerprint density at radius 3 is 2.82 bits per heavy atom. The van der Waals surface area contributed by atoms with E-state index in [2.05, 4.69) is 20.1 Å². The zero-order valence-electron chi connectivity index (χ0n) is 9.41. The molecule has 0 unspecified atom stereocenters. The predicted molar refractivity (Wildman–Crippen MR) is 62.7 cm³/mol. The van der Waals surface area contributed by atoms with Crippen LogP contribution in [-0.2, 0) is 6.61 Å². The molecule has 17 heavy (non-hydrogen) atoms. The third-order valence-electron chi connectivity index (χ3n) is 2.91. The zero-order valence-corrected chi connectivity index (χ0v) is 9.41. The number of nitrogens with one attached hydrogen (secondary N) is 1. The lowest BCUT2D eigenvalue weighted by atomic mass is 10.2. The van der Waals surface area contributed by atoms with Crippen LogP contribution in [0.5, 0.6) is 5.75 Å². The number of ether oxygens (including phenoxy) is 1. The van der Waals surface area contributed by atoms with E-state index in [-0.39, 0.29) is 0 Å². The van der Waals surface area contributed by atoms with Gasteiger partial charge in [0.1, 0.15) is 18.7 Å². The average Bonchev–Trinajstić information content (AvgIpc) is 2.74. The van der Waals surface area contributed by atoms with Gasteiger partial charge in [0, 0.05) is 13.1 Å². The highest BCUT2D eigenvalue weighted by Gasteiger charge is 2.21. The molecule has 0 aliphatic carbocycles. The van der Waals surface area contributed by atoms with Gasteiger partial charge in [-0.25, -0.2) is 0 Å². The molecule has 2 heterocycles. The Hall–Kier alpha value is -1.88. The van der Waals surface area contributed by atoms with Crippen molar-refractivity contribution in [2.45, 2.75) is 12.6 Å². The molecular weight excluding hydrogens is 216 g/mol. The van der Waals surface area contributed by atoms with Gasteiger partial charge in [0.15, 0.2) is 5.82 Å². The van der Waals surface area contributed by atoms with E-state index in [9.17, 15) is 0 Å². The van der Waals surface area contributed by atoms with Crippen LogP contribution < -0.4 is 10.1 Å². The number of rotatable bonds is 4. The molecular formula is C12H14N4O. The Kier molecular flexibility index (Phi) is 2.75. The van der Waals surface area contributed by atoms with Crippen LogP contribution in [0.3, 0.4) is 0 Å². The first-order valence-corrected chi connectivity index (χ1v) is 5.70. The van der Waals surface area contributed by atoms with Crippen LogP contribution in [0.4, 0.5) is 0 Å². The number of hydrogen-bond donors (Lipinski definition) is 1. The molecule has 5 heteroatoms. The molecule has 0 saturated carbocycles. The molecule has 3 rings (SSSR count). The quantitative estimate of drug-likeness (QED) is 0.851. The van der Waals surface area contributed by atoms with E-state index in [1.54, 1.807) is 6.33 Å². The average molecular weight is 230 g/mol. The van der Waals surface area contributed by atoms with Crippen LogP contribution >= 0.6 is 0 Å². The van der Waals surface area contributed by atoms with Crippen molar-refractivity contribution in [3.8, 4) is 5.75 Å². The smallest absolute Gasteiger partial charge is 0.171 e. The molecule has 2 aromatic rings.